The molecule has 30 heavy (non-hydrogen) atoms. The minimum atomic E-state index is 0.0252. The highest BCUT2D eigenvalue weighted by molar-refractivity contribution is 5.94. The minimum absolute atomic E-state index is 0.0252. The molecule has 0 bridgehead atoms. The second kappa shape index (κ2) is 10.8. The number of aromatic nitrogens is 1. The van der Waals surface area contributed by atoms with Crippen molar-refractivity contribution < 1.29 is 9.32 Å². The van der Waals surface area contributed by atoms with Gasteiger partial charge in [0.1, 0.15) is 6.26 Å². The van der Waals surface area contributed by atoms with Crippen LogP contribution < -0.4 is 5.32 Å². The van der Waals surface area contributed by atoms with E-state index < -0.39 is 0 Å². The number of guanidine groups is 1. The molecular formula is C22H32N6O2. The molecule has 1 saturated heterocycles. The molecule has 0 spiro atoms. The molecule has 8 nitrogen and oxygen atoms in total. The highest BCUT2D eigenvalue weighted by atomic mass is 16.5. The van der Waals surface area contributed by atoms with Crippen molar-refractivity contribution >= 4 is 11.9 Å². The van der Waals surface area contributed by atoms with E-state index in [9.17, 15) is 4.79 Å². The second-order valence-corrected chi connectivity index (χ2v) is 7.64. The number of nitrogens with zero attached hydrogens (tertiary/aromatic N) is 5. The Morgan fingerprint density at radius 1 is 1.23 bits per heavy atom. The number of rotatable bonds is 7. The fraction of sp³-hybridized carbons (Fsp3) is 0.500. The molecule has 2 heterocycles. The predicted molar refractivity (Wildman–Crippen MR) is 117 cm³/mol. The van der Waals surface area contributed by atoms with E-state index in [-0.39, 0.29) is 5.91 Å². The summed E-state index contributed by atoms with van der Waals surface area (Å²) in [4.78, 5) is 23.3. The van der Waals surface area contributed by atoms with E-state index in [1.165, 1.54) is 0 Å². The number of hydrogen-bond acceptors (Lipinski definition) is 5. The van der Waals surface area contributed by atoms with E-state index in [4.69, 9.17) is 9.52 Å². The van der Waals surface area contributed by atoms with Crippen LogP contribution in [-0.2, 0) is 13.0 Å². The van der Waals surface area contributed by atoms with Crippen molar-refractivity contribution in [1.29, 1.82) is 0 Å². The first-order valence-electron chi connectivity index (χ1n) is 10.5. The van der Waals surface area contributed by atoms with Crippen molar-refractivity contribution in [2.75, 3.05) is 53.4 Å². The zero-order chi connectivity index (χ0) is 21.3. The Morgan fingerprint density at radius 3 is 2.70 bits per heavy atom. The summed E-state index contributed by atoms with van der Waals surface area (Å²) in [5.41, 5.74) is 2.82. The number of nitrogens with one attached hydrogen (secondary N) is 1. The monoisotopic (exact) mass is 412 g/mol. The fourth-order valence-electron chi connectivity index (χ4n) is 3.50. The molecule has 3 rings (SSSR count). The van der Waals surface area contributed by atoms with Gasteiger partial charge in [0.15, 0.2) is 5.96 Å². The quantitative estimate of drug-likeness (QED) is 0.551. The summed E-state index contributed by atoms with van der Waals surface area (Å²) in [5.74, 6) is 0.983. The number of hydrogen-bond donors (Lipinski definition) is 1. The van der Waals surface area contributed by atoms with Gasteiger partial charge in [-0.15, -0.1) is 0 Å². The van der Waals surface area contributed by atoms with Crippen molar-refractivity contribution in [3.8, 4) is 0 Å². The van der Waals surface area contributed by atoms with Gasteiger partial charge in [0, 0.05) is 71.5 Å². The number of carbonyl (C=O) groups excluding carboxylic acids is 1. The molecule has 1 fully saturated rings. The Labute approximate surface area is 178 Å². The van der Waals surface area contributed by atoms with Crippen molar-refractivity contribution in [3.63, 3.8) is 0 Å². The molecule has 0 radical (unpaired) electrons. The van der Waals surface area contributed by atoms with Crippen LogP contribution in [0.4, 0.5) is 0 Å². The lowest BCUT2D eigenvalue weighted by atomic mass is 10.1. The normalized spacial score (nSPS) is 15.3. The SMILES string of the molecule is CCNC(=NCCc1cccc(C(=O)N(C)C)c1)N1CCN(Cc2ccon2)CC1. The van der Waals surface area contributed by atoms with Crippen LogP contribution >= 0.6 is 0 Å². The van der Waals surface area contributed by atoms with E-state index >= 15 is 0 Å². The minimum Gasteiger partial charge on any atom is -0.364 e. The van der Waals surface area contributed by atoms with Crippen LogP contribution in [-0.4, -0.2) is 85.1 Å². The summed E-state index contributed by atoms with van der Waals surface area (Å²) in [7, 11) is 3.54. The van der Waals surface area contributed by atoms with Crippen molar-refractivity contribution in [2.24, 2.45) is 4.99 Å². The Bertz CT molecular complexity index is 826. The fourth-order valence-corrected chi connectivity index (χ4v) is 3.50. The lowest BCUT2D eigenvalue weighted by Gasteiger charge is -2.36. The summed E-state index contributed by atoms with van der Waals surface area (Å²) in [5, 5.41) is 7.41. The lowest BCUT2D eigenvalue weighted by molar-refractivity contribution is 0.0827. The van der Waals surface area contributed by atoms with E-state index in [2.05, 4.69) is 33.3 Å². The van der Waals surface area contributed by atoms with Crippen molar-refractivity contribution in [2.45, 2.75) is 19.9 Å². The van der Waals surface area contributed by atoms with E-state index in [1.54, 1.807) is 25.3 Å². The predicted octanol–water partition coefficient (Wildman–Crippen LogP) is 1.70. The molecule has 162 valence electrons. The highest BCUT2D eigenvalue weighted by Gasteiger charge is 2.20. The largest absolute Gasteiger partial charge is 0.364 e. The summed E-state index contributed by atoms with van der Waals surface area (Å²) in [6.45, 7) is 8.21. The average Bonchev–Trinajstić information content (AvgIpc) is 3.26. The van der Waals surface area contributed by atoms with Crippen molar-refractivity contribution in [3.05, 3.63) is 53.4 Å². The van der Waals surface area contributed by atoms with Crippen molar-refractivity contribution in [1.82, 2.24) is 25.2 Å². The average molecular weight is 413 g/mol. The van der Waals surface area contributed by atoms with Gasteiger partial charge in [-0.25, -0.2) is 0 Å². The molecule has 1 aromatic carbocycles. The first-order valence-corrected chi connectivity index (χ1v) is 10.5. The second-order valence-electron chi connectivity index (χ2n) is 7.64. The van der Waals surface area contributed by atoms with Gasteiger partial charge < -0.3 is 19.6 Å². The zero-order valence-corrected chi connectivity index (χ0v) is 18.2. The van der Waals surface area contributed by atoms with Crippen LogP contribution in [0.15, 0.2) is 46.1 Å². The van der Waals surface area contributed by atoms with E-state index in [1.807, 2.05) is 24.3 Å². The van der Waals surface area contributed by atoms with Gasteiger partial charge in [-0.1, -0.05) is 17.3 Å². The number of piperazine rings is 1. The maximum atomic E-state index is 12.2. The molecular weight excluding hydrogens is 380 g/mol. The first-order chi connectivity index (χ1) is 14.6. The Morgan fingerprint density at radius 2 is 2.03 bits per heavy atom. The van der Waals surface area contributed by atoms with E-state index in [0.29, 0.717) is 6.54 Å². The van der Waals surface area contributed by atoms with Gasteiger partial charge >= 0.3 is 0 Å². The molecule has 8 heteroatoms. The summed E-state index contributed by atoms with van der Waals surface area (Å²) < 4.78 is 4.92. The van der Waals surface area contributed by atoms with Crippen LogP contribution in [0.5, 0.6) is 0 Å². The molecule has 0 unspecified atom stereocenters. The third kappa shape index (κ3) is 6.06. The van der Waals surface area contributed by atoms with E-state index in [0.717, 1.165) is 68.5 Å². The Balaban J connectivity index is 1.54. The summed E-state index contributed by atoms with van der Waals surface area (Å²) in [6.07, 6.45) is 2.42. The maximum absolute atomic E-state index is 12.2. The van der Waals surface area contributed by atoms with Crippen LogP contribution in [0, 0.1) is 0 Å². The van der Waals surface area contributed by atoms with Gasteiger partial charge in [0.25, 0.3) is 5.91 Å². The molecule has 1 aliphatic rings. The Hall–Kier alpha value is -2.87. The molecule has 1 N–H and O–H groups in total. The highest BCUT2D eigenvalue weighted by Crippen LogP contribution is 2.10. The Kier molecular flexibility index (Phi) is 7.84. The molecule has 1 aromatic heterocycles. The summed E-state index contributed by atoms with van der Waals surface area (Å²) in [6, 6.07) is 9.73. The van der Waals surface area contributed by atoms with Gasteiger partial charge in [-0.2, -0.15) is 0 Å². The maximum Gasteiger partial charge on any atom is 0.253 e. The number of aliphatic imine (C=N–C) groups is 1. The molecule has 1 aliphatic heterocycles. The molecule has 2 aromatic rings. The smallest absolute Gasteiger partial charge is 0.253 e. The van der Waals surface area contributed by atoms with Gasteiger partial charge in [0.05, 0.1) is 5.69 Å². The van der Waals surface area contributed by atoms with Crippen LogP contribution in [0.1, 0.15) is 28.5 Å². The third-order valence-electron chi connectivity index (χ3n) is 5.13. The lowest BCUT2D eigenvalue weighted by Crippen LogP contribution is -2.52. The van der Waals surface area contributed by atoms with Gasteiger partial charge in [0.2, 0.25) is 0 Å². The zero-order valence-electron chi connectivity index (χ0n) is 18.2. The summed E-state index contributed by atoms with van der Waals surface area (Å²) >= 11 is 0. The van der Waals surface area contributed by atoms with Crippen LogP contribution in [0.25, 0.3) is 0 Å². The van der Waals surface area contributed by atoms with Crippen LogP contribution in [0.2, 0.25) is 0 Å². The standard InChI is InChI=1S/C22H32N6O2/c1-4-23-22(28-13-11-27(12-14-28)17-20-9-15-30-25-20)24-10-8-18-6-5-7-19(16-18)21(29)26(2)3/h5-7,9,15-16H,4,8,10-14,17H2,1-3H3,(H,23,24). The number of amides is 1. The van der Waals surface area contributed by atoms with Gasteiger partial charge in [-0.05, 0) is 31.0 Å². The first kappa shape index (κ1) is 21.8. The molecule has 0 saturated carbocycles. The van der Waals surface area contributed by atoms with Crippen LogP contribution in [0.3, 0.4) is 0 Å². The third-order valence-corrected chi connectivity index (χ3v) is 5.13. The topological polar surface area (TPSA) is 77.2 Å². The number of benzene rings is 1. The van der Waals surface area contributed by atoms with Gasteiger partial charge in [-0.3, -0.25) is 14.7 Å². The number of carbonyl (C=O) groups is 1. The molecule has 0 aliphatic carbocycles. The molecule has 1 amide bonds. The molecule has 0 atom stereocenters.